The van der Waals surface area contributed by atoms with Crippen LogP contribution in [-0.4, -0.2) is 61.2 Å². The number of piperidine rings is 1. The maximum atomic E-state index is 14.9. The maximum absolute atomic E-state index is 14.9. The number of hydrogen-bond donors (Lipinski definition) is 3. The summed E-state index contributed by atoms with van der Waals surface area (Å²) in [5.41, 5.74) is 5.39. The summed E-state index contributed by atoms with van der Waals surface area (Å²) in [6.45, 7) is 3.89. The number of aromatic nitrogens is 2. The fourth-order valence-corrected chi connectivity index (χ4v) is 6.10. The molecule has 2 aliphatic heterocycles. The lowest BCUT2D eigenvalue weighted by molar-refractivity contribution is -0.0196. The third-order valence-electron chi connectivity index (χ3n) is 7.58. The van der Waals surface area contributed by atoms with Crippen LogP contribution in [0.25, 0.3) is 10.9 Å². The number of nitrogens with two attached hydrogens (primary N) is 1. The molecule has 3 aromatic rings. The van der Waals surface area contributed by atoms with Crippen LogP contribution in [0.1, 0.15) is 37.8 Å². The van der Waals surface area contributed by atoms with Crippen molar-refractivity contribution in [1.29, 1.82) is 5.26 Å². The molecule has 1 spiro atoms. The summed E-state index contributed by atoms with van der Waals surface area (Å²) in [6, 6.07) is 6.61. The van der Waals surface area contributed by atoms with E-state index in [9.17, 15) is 22.9 Å². The van der Waals surface area contributed by atoms with Crippen LogP contribution >= 0.6 is 0 Å². The Hall–Kier alpha value is -3.77. The van der Waals surface area contributed by atoms with Crippen molar-refractivity contribution in [3.05, 3.63) is 52.3 Å². The predicted molar refractivity (Wildman–Crippen MR) is 147 cm³/mol. The molecular formula is C26H30FN7O5S. The van der Waals surface area contributed by atoms with Crippen molar-refractivity contribution >= 4 is 32.5 Å². The van der Waals surface area contributed by atoms with Crippen molar-refractivity contribution in [3.63, 3.8) is 0 Å². The molecule has 12 nitrogen and oxygen atoms in total. The van der Waals surface area contributed by atoms with Gasteiger partial charge < -0.3 is 20.5 Å². The van der Waals surface area contributed by atoms with Gasteiger partial charge in [0.2, 0.25) is 0 Å². The number of fused-ring (bicyclic) bond motifs is 1. The quantitative estimate of drug-likeness (QED) is 0.361. The van der Waals surface area contributed by atoms with E-state index in [-0.39, 0.29) is 46.3 Å². The number of nitrogens with one attached hydrogen (secondary N) is 2. The van der Waals surface area contributed by atoms with Crippen molar-refractivity contribution in [1.82, 2.24) is 19.2 Å². The average Bonchev–Trinajstić information content (AvgIpc) is 3.34. The Bertz CT molecular complexity index is 1660. The lowest BCUT2D eigenvalue weighted by Gasteiger charge is -2.32. The van der Waals surface area contributed by atoms with E-state index in [1.807, 2.05) is 0 Å². The second-order valence-electron chi connectivity index (χ2n) is 9.96. The zero-order valence-electron chi connectivity index (χ0n) is 22.1. The summed E-state index contributed by atoms with van der Waals surface area (Å²) in [6.07, 6.45) is 3.87. The van der Waals surface area contributed by atoms with Crippen molar-refractivity contribution in [2.75, 3.05) is 43.7 Å². The third kappa shape index (κ3) is 4.97. The fourth-order valence-electron chi connectivity index (χ4n) is 5.16. The first-order chi connectivity index (χ1) is 19.1. The van der Waals surface area contributed by atoms with Crippen LogP contribution in [-0.2, 0) is 14.9 Å². The fraction of sp³-hybridized carbons (Fsp3) is 0.423. The molecule has 0 aliphatic carbocycles. The van der Waals surface area contributed by atoms with Crippen molar-refractivity contribution < 1.29 is 22.3 Å². The van der Waals surface area contributed by atoms with Gasteiger partial charge in [-0.3, -0.25) is 14.1 Å². The molecular weight excluding hydrogens is 541 g/mol. The Kier molecular flexibility index (Phi) is 7.40. The van der Waals surface area contributed by atoms with E-state index in [4.69, 9.17) is 15.2 Å². The van der Waals surface area contributed by atoms with Crippen LogP contribution in [0.15, 0.2) is 35.4 Å². The van der Waals surface area contributed by atoms with Gasteiger partial charge in [-0.1, -0.05) is 6.92 Å². The highest BCUT2D eigenvalue weighted by atomic mass is 32.2. The largest absolute Gasteiger partial charge is 0.451 e. The number of ether oxygens (including phenoxy) is 2. The first kappa shape index (κ1) is 27.8. The van der Waals surface area contributed by atoms with Crippen molar-refractivity contribution in [2.45, 2.75) is 37.8 Å². The summed E-state index contributed by atoms with van der Waals surface area (Å²) in [5.74, 6) is -1.53. The van der Waals surface area contributed by atoms with Gasteiger partial charge in [0.1, 0.15) is 11.6 Å². The number of nitriles is 1. The van der Waals surface area contributed by atoms with E-state index in [1.54, 1.807) is 13.0 Å². The number of nitrogen functional groups attached to an aromatic ring is 1. The van der Waals surface area contributed by atoms with Crippen molar-refractivity contribution in [2.24, 2.45) is 0 Å². The number of benzene rings is 2. The lowest BCUT2D eigenvalue weighted by Crippen LogP contribution is -2.41. The summed E-state index contributed by atoms with van der Waals surface area (Å²) in [7, 11) is -2.64. The second kappa shape index (κ2) is 10.7. The average molecular weight is 572 g/mol. The number of rotatable bonds is 7. The first-order valence-electron chi connectivity index (χ1n) is 12.9. The molecule has 40 heavy (non-hydrogen) atoms. The number of hydrogen-bond acceptors (Lipinski definition) is 9. The molecule has 2 saturated heterocycles. The highest BCUT2D eigenvalue weighted by Crippen LogP contribution is 2.40. The minimum absolute atomic E-state index is 0.0808. The van der Waals surface area contributed by atoms with Crippen molar-refractivity contribution in [3.8, 4) is 17.6 Å². The van der Waals surface area contributed by atoms with Crippen LogP contribution in [0.4, 0.5) is 15.8 Å². The molecule has 4 N–H and O–H groups in total. The van der Waals surface area contributed by atoms with Gasteiger partial charge in [-0.15, -0.1) is 0 Å². The maximum Gasteiger partial charge on any atom is 0.301 e. The molecule has 3 heterocycles. The number of halogens is 1. The number of anilines is 2. The van der Waals surface area contributed by atoms with Crippen LogP contribution < -0.4 is 26.1 Å². The SMILES string of the molecule is CCN(C)S(=O)(=O)Nc1ccc(F)c(Oc2ccc3ncn([C@H]4COC5(CCNCC5)C4)c(=O)c3c2N)c1C#N. The molecule has 2 aromatic carbocycles. The summed E-state index contributed by atoms with van der Waals surface area (Å²) < 4.78 is 56.7. The zero-order valence-corrected chi connectivity index (χ0v) is 22.9. The van der Waals surface area contributed by atoms with Gasteiger partial charge in [-0.2, -0.15) is 18.0 Å². The molecule has 14 heteroatoms. The normalized spacial score (nSPS) is 18.7. The molecule has 2 aliphatic rings. The monoisotopic (exact) mass is 571 g/mol. The summed E-state index contributed by atoms with van der Waals surface area (Å²) in [5, 5.41) is 13.2. The third-order valence-corrected chi connectivity index (χ3v) is 9.14. The van der Waals surface area contributed by atoms with Crippen LogP contribution in [0.2, 0.25) is 0 Å². The molecule has 2 fully saturated rings. The molecule has 1 aromatic heterocycles. The molecule has 0 radical (unpaired) electrons. The number of nitrogens with zero attached hydrogens (tertiary/aromatic N) is 4. The van der Waals surface area contributed by atoms with Gasteiger partial charge in [0.15, 0.2) is 17.3 Å². The molecule has 212 valence electrons. The van der Waals surface area contributed by atoms with Gasteiger partial charge in [0, 0.05) is 13.6 Å². The molecule has 0 unspecified atom stereocenters. The minimum atomic E-state index is -4.00. The van der Waals surface area contributed by atoms with Gasteiger partial charge >= 0.3 is 10.2 Å². The van der Waals surface area contributed by atoms with E-state index in [0.29, 0.717) is 18.5 Å². The molecule has 0 bridgehead atoms. The molecule has 5 rings (SSSR count). The van der Waals surface area contributed by atoms with Gasteiger partial charge in [0.05, 0.1) is 46.9 Å². The van der Waals surface area contributed by atoms with Gasteiger partial charge in [-0.05, 0) is 56.6 Å². The highest BCUT2D eigenvalue weighted by Gasteiger charge is 2.42. The smallest absolute Gasteiger partial charge is 0.301 e. The summed E-state index contributed by atoms with van der Waals surface area (Å²) in [4.78, 5) is 18.0. The Morgan fingerprint density at radius 3 is 2.80 bits per heavy atom. The predicted octanol–water partition coefficient (Wildman–Crippen LogP) is 2.47. The zero-order chi connectivity index (χ0) is 28.7. The lowest BCUT2D eigenvalue weighted by atomic mass is 9.88. The van der Waals surface area contributed by atoms with Gasteiger partial charge in [-0.25, -0.2) is 9.37 Å². The van der Waals surface area contributed by atoms with Crippen LogP contribution in [0.3, 0.4) is 0 Å². The summed E-state index contributed by atoms with van der Waals surface area (Å²) >= 11 is 0. The van der Waals surface area contributed by atoms with E-state index in [0.717, 1.165) is 42.4 Å². The first-order valence-corrected chi connectivity index (χ1v) is 14.3. The minimum Gasteiger partial charge on any atom is -0.451 e. The molecule has 0 amide bonds. The standard InChI is InChI=1S/C26H30FN7O5S/c1-3-33(2)40(36,37)32-19-5-4-18(27)24(17(19)13-28)39-21-7-6-20-22(23(21)29)25(35)34(15-31-20)16-12-26(38-14-16)8-10-30-11-9-26/h4-7,15-16,30,32H,3,8-12,14,29H2,1-2H3/t16-/m1/s1. The topological polar surface area (TPSA) is 165 Å². The van der Waals surface area contributed by atoms with E-state index in [1.165, 1.54) is 30.1 Å². The molecule has 0 saturated carbocycles. The van der Waals surface area contributed by atoms with Crippen LogP contribution in [0, 0.1) is 17.1 Å². The Morgan fingerprint density at radius 1 is 1.35 bits per heavy atom. The Labute approximate surface area is 230 Å². The Morgan fingerprint density at radius 2 is 2.10 bits per heavy atom. The highest BCUT2D eigenvalue weighted by molar-refractivity contribution is 7.90. The van der Waals surface area contributed by atoms with E-state index < -0.39 is 27.3 Å². The van der Waals surface area contributed by atoms with E-state index >= 15 is 0 Å². The van der Waals surface area contributed by atoms with Gasteiger partial charge in [0.25, 0.3) is 5.56 Å². The van der Waals surface area contributed by atoms with Crippen LogP contribution in [0.5, 0.6) is 11.5 Å². The molecule has 1 atom stereocenters. The van der Waals surface area contributed by atoms with E-state index in [2.05, 4.69) is 15.0 Å². The second-order valence-corrected chi connectivity index (χ2v) is 11.7. The Balaban J connectivity index is 1.51.